The van der Waals surface area contributed by atoms with Crippen LogP contribution in [0.5, 0.6) is 5.75 Å². The molecule has 4 aromatic rings. The van der Waals surface area contributed by atoms with Gasteiger partial charge in [0.25, 0.3) is 11.8 Å². The van der Waals surface area contributed by atoms with Gasteiger partial charge in [-0.15, -0.1) is 0 Å². The molecule has 1 N–H and O–H groups in total. The molecule has 3 aromatic carbocycles. The highest BCUT2D eigenvalue weighted by molar-refractivity contribution is 7.80. The number of anilines is 1. The van der Waals surface area contributed by atoms with E-state index in [1.54, 1.807) is 37.5 Å². The van der Waals surface area contributed by atoms with Crippen LogP contribution in [0.15, 0.2) is 90.5 Å². The molecule has 1 aliphatic rings. The van der Waals surface area contributed by atoms with Crippen LogP contribution in [0.4, 0.5) is 5.69 Å². The average Bonchev–Trinajstić information content (AvgIpc) is 3.19. The van der Waals surface area contributed by atoms with Gasteiger partial charge < -0.3 is 9.30 Å². The Morgan fingerprint density at radius 2 is 1.46 bits per heavy atom. The zero-order chi connectivity index (χ0) is 26.1. The monoisotopic (exact) mass is 507 g/mol. The van der Waals surface area contributed by atoms with Gasteiger partial charge in [0.2, 0.25) is 0 Å². The summed E-state index contributed by atoms with van der Waals surface area (Å²) < 4.78 is 7.31. The largest absolute Gasteiger partial charge is 0.497 e. The summed E-state index contributed by atoms with van der Waals surface area (Å²) in [5.74, 6) is -0.337. The Labute approximate surface area is 220 Å². The number of rotatable bonds is 5. The van der Waals surface area contributed by atoms with Crippen molar-refractivity contribution >= 4 is 40.9 Å². The molecule has 6 nitrogen and oxygen atoms in total. The third-order valence-corrected chi connectivity index (χ3v) is 6.72. The molecule has 0 bridgehead atoms. The molecule has 2 amide bonds. The molecule has 1 aromatic heterocycles. The lowest BCUT2D eigenvalue weighted by molar-refractivity contribution is -0.122. The zero-order valence-corrected chi connectivity index (χ0v) is 21.5. The van der Waals surface area contributed by atoms with E-state index in [9.17, 15) is 9.59 Å². The first-order valence-electron chi connectivity index (χ1n) is 11.8. The SMILES string of the molecule is COc1ccc(N2C(=O)/C(=C/c3cc(C)n(-c4ccc(-c5ccccc5)cc4)c3C)C(=O)NC2=S)cc1. The number of aromatic nitrogens is 1. The Morgan fingerprint density at radius 1 is 0.838 bits per heavy atom. The van der Waals surface area contributed by atoms with E-state index < -0.39 is 11.8 Å². The number of hydrogen-bond donors (Lipinski definition) is 1. The van der Waals surface area contributed by atoms with Crippen molar-refractivity contribution in [3.05, 3.63) is 107 Å². The van der Waals surface area contributed by atoms with Crippen LogP contribution in [0.1, 0.15) is 17.0 Å². The van der Waals surface area contributed by atoms with Gasteiger partial charge in [0.05, 0.1) is 12.8 Å². The number of methoxy groups -OCH3 is 1. The topological polar surface area (TPSA) is 63.6 Å². The van der Waals surface area contributed by atoms with E-state index in [0.717, 1.165) is 33.8 Å². The van der Waals surface area contributed by atoms with Crippen molar-refractivity contribution in [2.45, 2.75) is 13.8 Å². The maximum atomic E-state index is 13.4. The van der Waals surface area contributed by atoms with Crippen molar-refractivity contribution in [1.29, 1.82) is 0 Å². The summed E-state index contributed by atoms with van der Waals surface area (Å²) in [6.45, 7) is 3.98. The van der Waals surface area contributed by atoms with Crippen molar-refractivity contribution in [2.75, 3.05) is 12.0 Å². The van der Waals surface area contributed by atoms with Crippen molar-refractivity contribution in [3.8, 4) is 22.6 Å². The van der Waals surface area contributed by atoms with Gasteiger partial charge in [-0.25, -0.2) is 0 Å². The van der Waals surface area contributed by atoms with E-state index in [2.05, 4.69) is 46.3 Å². The molecule has 5 rings (SSSR count). The Morgan fingerprint density at radius 3 is 2.11 bits per heavy atom. The molecule has 0 aliphatic carbocycles. The number of nitrogens with zero attached hydrogens (tertiary/aromatic N) is 2. The summed E-state index contributed by atoms with van der Waals surface area (Å²) in [4.78, 5) is 27.5. The predicted octanol–water partition coefficient (Wildman–Crippen LogP) is 5.60. The van der Waals surface area contributed by atoms with Gasteiger partial charge in [-0.2, -0.15) is 0 Å². The van der Waals surface area contributed by atoms with E-state index in [0.29, 0.717) is 11.4 Å². The van der Waals surface area contributed by atoms with Gasteiger partial charge in [0.15, 0.2) is 5.11 Å². The highest BCUT2D eigenvalue weighted by Gasteiger charge is 2.34. The Hall–Kier alpha value is -4.49. The number of carbonyl (C=O) groups is 2. The molecule has 184 valence electrons. The van der Waals surface area contributed by atoms with Crippen LogP contribution < -0.4 is 15.0 Å². The fraction of sp³-hybridized carbons (Fsp3) is 0.100. The number of aryl methyl sites for hydroxylation is 1. The number of ether oxygens (including phenoxy) is 1. The lowest BCUT2D eigenvalue weighted by Crippen LogP contribution is -2.54. The molecular weight excluding hydrogens is 482 g/mol. The van der Waals surface area contributed by atoms with Crippen LogP contribution in [0, 0.1) is 13.8 Å². The van der Waals surface area contributed by atoms with E-state index in [4.69, 9.17) is 17.0 Å². The van der Waals surface area contributed by atoms with Gasteiger partial charge in [-0.3, -0.25) is 19.8 Å². The van der Waals surface area contributed by atoms with Crippen molar-refractivity contribution < 1.29 is 14.3 Å². The summed E-state index contributed by atoms with van der Waals surface area (Å²) >= 11 is 5.31. The molecular formula is C30H25N3O3S. The van der Waals surface area contributed by atoms with Crippen molar-refractivity contribution in [3.63, 3.8) is 0 Å². The van der Waals surface area contributed by atoms with Crippen LogP contribution >= 0.6 is 12.2 Å². The number of nitrogens with one attached hydrogen (secondary N) is 1. The first-order valence-corrected chi connectivity index (χ1v) is 12.2. The van der Waals surface area contributed by atoms with Gasteiger partial charge >= 0.3 is 0 Å². The van der Waals surface area contributed by atoms with Crippen LogP contribution in [0.2, 0.25) is 0 Å². The molecule has 0 unspecified atom stereocenters. The van der Waals surface area contributed by atoms with Crippen LogP contribution in [0.3, 0.4) is 0 Å². The maximum absolute atomic E-state index is 13.4. The number of benzene rings is 3. The van der Waals surface area contributed by atoms with Gasteiger partial charge in [-0.05, 0) is 91.3 Å². The average molecular weight is 508 g/mol. The van der Waals surface area contributed by atoms with Crippen LogP contribution in [-0.2, 0) is 9.59 Å². The Kier molecular flexibility index (Phi) is 6.46. The zero-order valence-electron chi connectivity index (χ0n) is 20.7. The number of amides is 2. The minimum atomic E-state index is -0.517. The summed E-state index contributed by atoms with van der Waals surface area (Å²) in [5, 5.41) is 2.69. The molecule has 37 heavy (non-hydrogen) atoms. The second kappa shape index (κ2) is 9.87. The number of thiocarbonyl (C=S) groups is 1. The normalized spacial score (nSPS) is 14.7. The van der Waals surface area contributed by atoms with E-state index >= 15 is 0 Å². The van der Waals surface area contributed by atoms with Crippen LogP contribution in [-0.4, -0.2) is 28.6 Å². The van der Waals surface area contributed by atoms with Gasteiger partial charge in [0, 0.05) is 17.1 Å². The molecule has 2 heterocycles. The minimum absolute atomic E-state index is 0.0177. The maximum Gasteiger partial charge on any atom is 0.270 e. The summed E-state index contributed by atoms with van der Waals surface area (Å²) in [7, 11) is 1.57. The first kappa shape index (κ1) is 24.2. The highest BCUT2D eigenvalue weighted by Crippen LogP contribution is 2.28. The number of carbonyl (C=O) groups excluding carboxylic acids is 2. The highest BCUT2D eigenvalue weighted by atomic mass is 32.1. The van der Waals surface area contributed by atoms with Crippen molar-refractivity contribution in [2.24, 2.45) is 0 Å². The smallest absolute Gasteiger partial charge is 0.270 e. The summed E-state index contributed by atoms with van der Waals surface area (Å²) in [5.41, 5.74) is 6.54. The lowest BCUT2D eigenvalue weighted by atomic mass is 10.1. The van der Waals surface area contributed by atoms with E-state index in [1.807, 2.05) is 38.1 Å². The fourth-order valence-corrected chi connectivity index (χ4v) is 4.82. The van der Waals surface area contributed by atoms with E-state index in [1.165, 1.54) is 4.90 Å². The third kappa shape index (κ3) is 4.57. The molecule has 0 atom stereocenters. The second-order valence-corrected chi connectivity index (χ2v) is 9.12. The molecule has 0 saturated carbocycles. The molecule has 1 aliphatic heterocycles. The van der Waals surface area contributed by atoms with Gasteiger partial charge in [-0.1, -0.05) is 42.5 Å². The summed E-state index contributed by atoms with van der Waals surface area (Å²) in [6.07, 6.45) is 1.63. The Bertz CT molecular complexity index is 1540. The Balaban J connectivity index is 1.48. The molecule has 1 fully saturated rings. The first-order chi connectivity index (χ1) is 17.9. The predicted molar refractivity (Wildman–Crippen MR) is 150 cm³/mol. The van der Waals surface area contributed by atoms with Crippen molar-refractivity contribution in [1.82, 2.24) is 9.88 Å². The lowest BCUT2D eigenvalue weighted by Gasteiger charge is -2.29. The standard InChI is InChI=1S/C30H25N3O3S/c1-19-17-23(20(2)32(19)24-11-9-22(10-12-24)21-7-5-4-6-8-21)18-27-28(34)31-30(37)33(29(27)35)25-13-15-26(36-3)16-14-25/h4-18H,1-3H3,(H,31,34,37)/b27-18+. The third-order valence-electron chi connectivity index (χ3n) is 6.44. The molecule has 0 spiro atoms. The second-order valence-electron chi connectivity index (χ2n) is 8.73. The minimum Gasteiger partial charge on any atom is -0.497 e. The quantitative estimate of drug-likeness (QED) is 0.217. The fourth-order valence-electron chi connectivity index (χ4n) is 4.54. The molecule has 7 heteroatoms. The molecule has 0 radical (unpaired) electrons. The van der Waals surface area contributed by atoms with Gasteiger partial charge in [0.1, 0.15) is 11.3 Å². The number of hydrogen-bond acceptors (Lipinski definition) is 4. The summed E-state index contributed by atoms with van der Waals surface area (Å²) in [6, 6.07) is 27.4. The van der Waals surface area contributed by atoms with Crippen LogP contribution in [0.25, 0.3) is 22.9 Å². The molecule has 1 saturated heterocycles. The van der Waals surface area contributed by atoms with E-state index in [-0.39, 0.29) is 10.7 Å².